The number of nitrogen functional groups attached to an aromatic ring is 1. The number of aromatic nitrogens is 1. The van der Waals surface area contributed by atoms with Crippen molar-refractivity contribution in [3.63, 3.8) is 0 Å². The molecule has 0 aliphatic carbocycles. The minimum Gasteiger partial charge on any atom is -0.398 e. The quantitative estimate of drug-likeness (QED) is 0.598. The second-order valence-corrected chi connectivity index (χ2v) is 4.88. The van der Waals surface area contributed by atoms with Gasteiger partial charge in [0.2, 0.25) is 0 Å². The number of hydrogen-bond donors (Lipinski definition) is 1. The highest BCUT2D eigenvalue weighted by molar-refractivity contribution is 6.51. The van der Waals surface area contributed by atoms with Crippen LogP contribution in [0.5, 0.6) is 0 Å². The highest BCUT2D eigenvalue weighted by Crippen LogP contribution is 2.44. The molecule has 17 heavy (non-hydrogen) atoms. The third-order valence-corrected chi connectivity index (χ3v) is 3.80. The Morgan fingerprint density at radius 1 is 1.00 bits per heavy atom. The van der Waals surface area contributed by atoms with Gasteiger partial charge in [-0.3, -0.25) is 4.98 Å². The number of anilines is 1. The van der Waals surface area contributed by atoms with E-state index in [0.717, 1.165) is 0 Å². The molecule has 0 fully saturated rings. The van der Waals surface area contributed by atoms with Crippen LogP contribution in [0.15, 0.2) is 24.5 Å². The standard InChI is InChI=1S/C11H6Cl4N2/c12-6-3-7(13)10(14)11(15)9(6)5-4-17-2-1-8(5)16/h1-4H,(H2,16,17). The van der Waals surface area contributed by atoms with Crippen LogP contribution in [0.4, 0.5) is 5.69 Å². The van der Waals surface area contributed by atoms with E-state index in [1.807, 2.05) is 0 Å². The summed E-state index contributed by atoms with van der Waals surface area (Å²) in [6, 6.07) is 3.18. The van der Waals surface area contributed by atoms with E-state index in [2.05, 4.69) is 4.98 Å². The molecule has 2 nitrogen and oxygen atoms in total. The molecule has 0 radical (unpaired) electrons. The maximum absolute atomic E-state index is 6.13. The number of nitrogens with two attached hydrogens (primary N) is 1. The summed E-state index contributed by atoms with van der Waals surface area (Å²) < 4.78 is 0. The molecule has 0 spiro atoms. The van der Waals surface area contributed by atoms with Gasteiger partial charge in [0, 0.05) is 29.2 Å². The van der Waals surface area contributed by atoms with E-state index in [9.17, 15) is 0 Å². The van der Waals surface area contributed by atoms with Crippen molar-refractivity contribution in [3.05, 3.63) is 44.6 Å². The fraction of sp³-hybridized carbons (Fsp3) is 0. The molecule has 0 bridgehead atoms. The van der Waals surface area contributed by atoms with Crippen LogP contribution < -0.4 is 5.73 Å². The van der Waals surface area contributed by atoms with Gasteiger partial charge in [0.25, 0.3) is 0 Å². The molecule has 1 aromatic heterocycles. The predicted octanol–water partition coefficient (Wildman–Crippen LogP) is 4.94. The van der Waals surface area contributed by atoms with Gasteiger partial charge in [0.1, 0.15) is 0 Å². The maximum Gasteiger partial charge on any atom is 0.0785 e. The Morgan fingerprint density at radius 2 is 1.71 bits per heavy atom. The van der Waals surface area contributed by atoms with Gasteiger partial charge in [-0.2, -0.15) is 0 Å². The molecule has 0 saturated carbocycles. The van der Waals surface area contributed by atoms with Gasteiger partial charge in [-0.1, -0.05) is 46.4 Å². The summed E-state index contributed by atoms with van der Waals surface area (Å²) in [7, 11) is 0. The van der Waals surface area contributed by atoms with Crippen molar-refractivity contribution < 1.29 is 0 Å². The second kappa shape index (κ2) is 4.91. The van der Waals surface area contributed by atoms with Gasteiger partial charge in [0.05, 0.1) is 20.1 Å². The summed E-state index contributed by atoms with van der Waals surface area (Å²) in [5, 5.41) is 1.19. The van der Waals surface area contributed by atoms with Gasteiger partial charge in [0.15, 0.2) is 0 Å². The van der Waals surface area contributed by atoms with E-state index in [1.165, 1.54) is 6.07 Å². The normalized spacial score (nSPS) is 10.6. The lowest BCUT2D eigenvalue weighted by atomic mass is 10.1. The number of rotatable bonds is 1. The molecule has 2 aromatic rings. The lowest BCUT2D eigenvalue weighted by Gasteiger charge is -2.11. The van der Waals surface area contributed by atoms with Gasteiger partial charge in [-0.05, 0) is 12.1 Å². The van der Waals surface area contributed by atoms with Gasteiger partial charge in [-0.25, -0.2) is 0 Å². The van der Waals surface area contributed by atoms with Crippen molar-refractivity contribution in [1.29, 1.82) is 0 Å². The van der Waals surface area contributed by atoms with E-state index in [4.69, 9.17) is 52.1 Å². The molecule has 0 atom stereocenters. The zero-order valence-electron chi connectivity index (χ0n) is 8.35. The average Bonchev–Trinajstić information content (AvgIpc) is 2.29. The molecule has 1 heterocycles. The Morgan fingerprint density at radius 3 is 2.35 bits per heavy atom. The smallest absolute Gasteiger partial charge is 0.0785 e. The van der Waals surface area contributed by atoms with Gasteiger partial charge >= 0.3 is 0 Å². The van der Waals surface area contributed by atoms with Gasteiger partial charge in [-0.15, -0.1) is 0 Å². The zero-order valence-corrected chi connectivity index (χ0v) is 11.4. The Hall–Kier alpha value is -0.670. The molecule has 2 rings (SSSR count). The Bertz CT molecular complexity index is 584. The van der Waals surface area contributed by atoms with Gasteiger partial charge < -0.3 is 5.73 Å². The van der Waals surface area contributed by atoms with Crippen molar-refractivity contribution in [3.8, 4) is 11.1 Å². The third kappa shape index (κ3) is 2.31. The molecular weight excluding hydrogens is 302 g/mol. The Balaban J connectivity index is 2.77. The lowest BCUT2D eigenvalue weighted by molar-refractivity contribution is 1.33. The van der Waals surface area contributed by atoms with Crippen molar-refractivity contribution >= 4 is 52.1 Å². The summed E-state index contributed by atoms with van der Waals surface area (Å²) in [4.78, 5) is 3.98. The molecule has 0 unspecified atom stereocenters. The molecule has 1 aromatic carbocycles. The first-order chi connectivity index (χ1) is 8.02. The summed E-state index contributed by atoms with van der Waals surface area (Å²) >= 11 is 24.1. The molecule has 0 amide bonds. The Labute approximate surface area is 118 Å². The predicted molar refractivity (Wildman–Crippen MR) is 74.1 cm³/mol. The first-order valence-electron chi connectivity index (χ1n) is 4.55. The summed E-state index contributed by atoms with van der Waals surface area (Å²) in [5.41, 5.74) is 7.52. The van der Waals surface area contributed by atoms with E-state index in [-0.39, 0.29) is 10.0 Å². The first-order valence-corrected chi connectivity index (χ1v) is 6.06. The summed E-state index contributed by atoms with van der Waals surface area (Å²) in [6.45, 7) is 0. The van der Waals surface area contributed by atoms with Crippen molar-refractivity contribution in [1.82, 2.24) is 4.98 Å². The molecule has 0 saturated heterocycles. The number of hydrogen-bond acceptors (Lipinski definition) is 2. The lowest BCUT2D eigenvalue weighted by Crippen LogP contribution is -1.93. The number of pyridine rings is 1. The molecule has 2 N–H and O–H groups in total. The van der Waals surface area contributed by atoms with Crippen LogP contribution in [-0.2, 0) is 0 Å². The fourth-order valence-electron chi connectivity index (χ4n) is 1.43. The van der Waals surface area contributed by atoms with Crippen LogP contribution >= 0.6 is 46.4 Å². The molecule has 88 valence electrons. The molecule has 0 aliphatic rings. The topological polar surface area (TPSA) is 38.9 Å². The fourth-order valence-corrected chi connectivity index (χ4v) is 2.54. The molecular formula is C11H6Cl4N2. The molecule has 0 aliphatic heterocycles. The number of nitrogens with zero attached hydrogens (tertiary/aromatic N) is 1. The van der Waals surface area contributed by atoms with Crippen molar-refractivity contribution in [2.24, 2.45) is 0 Å². The third-order valence-electron chi connectivity index (χ3n) is 2.24. The van der Waals surface area contributed by atoms with E-state index < -0.39 is 0 Å². The Kier molecular flexibility index (Phi) is 3.69. The van der Waals surface area contributed by atoms with Crippen LogP contribution in [0.2, 0.25) is 20.1 Å². The van der Waals surface area contributed by atoms with Crippen LogP contribution in [0.25, 0.3) is 11.1 Å². The first kappa shape index (κ1) is 12.8. The van der Waals surface area contributed by atoms with E-state index >= 15 is 0 Å². The number of halogens is 4. The minimum atomic E-state index is 0.246. The van der Waals surface area contributed by atoms with E-state index in [0.29, 0.717) is 26.9 Å². The number of benzene rings is 1. The largest absolute Gasteiger partial charge is 0.398 e. The van der Waals surface area contributed by atoms with Crippen molar-refractivity contribution in [2.75, 3.05) is 5.73 Å². The highest BCUT2D eigenvalue weighted by atomic mass is 35.5. The molecule has 6 heteroatoms. The zero-order chi connectivity index (χ0) is 12.6. The van der Waals surface area contributed by atoms with Crippen LogP contribution in [0.3, 0.4) is 0 Å². The minimum absolute atomic E-state index is 0.246. The SMILES string of the molecule is Nc1ccncc1-c1c(Cl)cc(Cl)c(Cl)c1Cl. The van der Waals surface area contributed by atoms with Crippen LogP contribution in [0.1, 0.15) is 0 Å². The second-order valence-electron chi connectivity index (χ2n) is 3.31. The average molecular weight is 308 g/mol. The summed E-state index contributed by atoms with van der Waals surface area (Å²) in [5.74, 6) is 0. The van der Waals surface area contributed by atoms with E-state index in [1.54, 1.807) is 18.5 Å². The van der Waals surface area contributed by atoms with Crippen molar-refractivity contribution in [2.45, 2.75) is 0 Å². The van der Waals surface area contributed by atoms with Crippen LogP contribution in [0, 0.1) is 0 Å². The van der Waals surface area contributed by atoms with Crippen LogP contribution in [-0.4, -0.2) is 4.98 Å². The highest BCUT2D eigenvalue weighted by Gasteiger charge is 2.17. The maximum atomic E-state index is 6.13. The summed E-state index contributed by atoms with van der Waals surface area (Å²) in [6.07, 6.45) is 3.16. The monoisotopic (exact) mass is 306 g/mol.